The van der Waals surface area contributed by atoms with Gasteiger partial charge in [0.2, 0.25) is 5.91 Å². The van der Waals surface area contributed by atoms with Crippen molar-refractivity contribution in [1.82, 2.24) is 4.90 Å². The molecule has 1 aliphatic heterocycles. The lowest BCUT2D eigenvalue weighted by Gasteiger charge is -2.34. The Kier molecular flexibility index (Phi) is 10.0. The molecule has 2 amide bonds. The lowest BCUT2D eigenvalue weighted by atomic mass is 10.0. The van der Waals surface area contributed by atoms with Crippen molar-refractivity contribution in [2.75, 3.05) is 32.0 Å². The summed E-state index contributed by atoms with van der Waals surface area (Å²) in [7, 11) is 2.26. The van der Waals surface area contributed by atoms with Gasteiger partial charge in [0.15, 0.2) is 0 Å². The second-order valence-corrected chi connectivity index (χ2v) is 8.86. The lowest BCUT2D eigenvalue weighted by molar-refractivity contribution is -0.907. The molecule has 1 saturated heterocycles. The molecule has 0 aliphatic carbocycles. The van der Waals surface area contributed by atoms with E-state index in [1.165, 1.54) is 10.5 Å². The first-order chi connectivity index (χ1) is 14.9. The fraction of sp³-hybridized carbons (Fsp3) is 0.440. The van der Waals surface area contributed by atoms with Gasteiger partial charge >= 0.3 is 0 Å². The van der Waals surface area contributed by atoms with Crippen molar-refractivity contribution in [2.24, 2.45) is 0 Å². The van der Waals surface area contributed by atoms with Crippen LogP contribution >= 0.6 is 11.6 Å². The topological polar surface area (TPSA) is 53.9 Å². The van der Waals surface area contributed by atoms with Gasteiger partial charge in [0.05, 0.1) is 30.3 Å². The van der Waals surface area contributed by atoms with Crippen LogP contribution in [-0.2, 0) is 11.2 Å². The normalized spacial score (nSPS) is 15.1. The zero-order valence-corrected chi connectivity index (χ0v) is 20.6. The van der Waals surface area contributed by atoms with E-state index in [9.17, 15) is 9.59 Å². The number of hydrogen-bond acceptors (Lipinski definition) is 2. The zero-order chi connectivity index (χ0) is 22.4. The molecule has 2 aromatic rings. The van der Waals surface area contributed by atoms with Gasteiger partial charge in [-0.05, 0) is 30.2 Å². The first-order valence-electron chi connectivity index (χ1n) is 11.1. The van der Waals surface area contributed by atoms with Crippen molar-refractivity contribution in [1.29, 1.82) is 0 Å². The molecule has 1 unspecified atom stereocenters. The number of hydrogen-bond donors (Lipinski definition) is 2. The van der Waals surface area contributed by atoms with Crippen LogP contribution < -0.4 is 22.6 Å². The van der Waals surface area contributed by atoms with Crippen LogP contribution in [0, 0.1) is 6.92 Å². The van der Waals surface area contributed by atoms with Gasteiger partial charge in [0.25, 0.3) is 5.91 Å². The number of halogens is 2. The van der Waals surface area contributed by atoms with E-state index in [0.29, 0.717) is 28.7 Å². The average molecular weight is 478 g/mol. The average Bonchev–Trinajstić information content (AvgIpc) is 2.79. The summed E-state index contributed by atoms with van der Waals surface area (Å²) in [6.45, 7) is 6.28. The summed E-state index contributed by atoms with van der Waals surface area (Å²) in [5, 5.41) is 3.22. The maximum Gasteiger partial charge on any atom is 0.253 e. The molecule has 0 aromatic heterocycles. The minimum absolute atomic E-state index is 0. The van der Waals surface area contributed by atoms with Crippen LogP contribution in [0.3, 0.4) is 0 Å². The fourth-order valence-electron chi connectivity index (χ4n) is 4.20. The highest BCUT2D eigenvalue weighted by atomic mass is 35.5. The third kappa shape index (κ3) is 6.71. The smallest absolute Gasteiger partial charge is 0.253 e. The Balaban J connectivity index is 0.00000363. The summed E-state index contributed by atoms with van der Waals surface area (Å²) < 4.78 is 0. The molecule has 1 heterocycles. The third-order valence-electron chi connectivity index (χ3n) is 6.25. The first kappa shape index (κ1) is 26.2. The van der Waals surface area contributed by atoms with Crippen molar-refractivity contribution < 1.29 is 26.9 Å². The Morgan fingerprint density at radius 1 is 1.16 bits per heavy atom. The lowest BCUT2D eigenvalue weighted by Crippen LogP contribution is -3.13. The quantitative estimate of drug-likeness (QED) is 0.604. The second kappa shape index (κ2) is 12.2. The maximum atomic E-state index is 13.1. The number of benzene rings is 2. The summed E-state index contributed by atoms with van der Waals surface area (Å²) in [5.41, 5.74) is 3.35. The Bertz CT molecular complexity index is 890. The molecule has 3 rings (SSSR count). The highest BCUT2D eigenvalue weighted by Gasteiger charge is 2.28. The molecule has 32 heavy (non-hydrogen) atoms. The number of anilines is 1. The van der Waals surface area contributed by atoms with Crippen molar-refractivity contribution in [2.45, 2.75) is 45.6 Å². The van der Waals surface area contributed by atoms with E-state index in [1.54, 1.807) is 13.0 Å². The molecule has 2 N–H and O–H groups in total. The van der Waals surface area contributed by atoms with Gasteiger partial charge < -0.3 is 27.5 Å². The van der Waals surface area contributed by atoms with E-state index in [0.717, 1.165) is 44.5 Å². The number of quaternary nitrogens is 1. The number of amides is 2. The van der Waals surface area contributed by atoms with Gasteiger partial charge in [-0.2, -0.15) is 0 Å². The van der Waals surface area contributed by atoms with Crippen LogP contribution in [0.1, 0.15) is 47.7 Å². The number of nitrogens with one attached hydrogen (secondary N) is 2. The number of piperidine rings is 1. The number of nitrogens with zero attached hydrogens (tertiary/aromatic N) is 1. The Labute approximate surface area is 202 Å². The Morgan fingerprint density at radius 2 is 1.81 bits per heavy atom. The van der Waals surface area contributed by atoms with E-state index < -0.39 is 0 Å². The standard InChI is InChI=1S/C25H32ClN3O2.ClH/c1-4-23(30)27-24-18(2)16-20(17-22(24)26)25(31)29-14-11-21(12-15-29)28(3)13-10-19-8-6-5-7-9-19;/h5-9,16-17,21H,4,10-15H2,1-3H3,(H,27,30);1H. The molecule has 2 aromatic carbocycles. The van der Waals surface area contributed by atoms with Crippen LogP contribution in [0.2, 0.25) is 5.02 Å². The molecule has 174 valence electrons. The minimum Gasteiger partial charge on any atom is -1.00 e. The van der Waals surface area contributed by atoms with Crippen LogP contribution in [0.4, 0.5) is 5.69 Å². The Hall–Kier alpha value is -2.08. The third-order valence-corrected chi connectivity index (χ3v) is 6.55. The van der Waals surface area contributed by atoms with E-state index >= 15 is 0 Å². The molecule has 1 fully saturated rings. The number of rotatable bonds is 7. The van der Waals surface area contributed by atoms with Gasteiger partial charge in [-0.15, -0.1) is 0 Å². The van der Waals surface area contributed by atoms with Crippen molar-refractivity contribution in [3.05, 3.63) is 64.2 Å². The van der Waals surface area contributed by atoms with E-state index in [1.807, 2.05) is 17.9 Å². The second-order valence-electron chi connectivity index (χ2n) is 8.45. The predicted octanol–water partition coefficient (Wildman–Crippen LogP) is 0.363. The molecule has 1 aliphatic rings. The molecule has 0 bridgehead atoms. The van der Waals surface area contributed by atoms with Crippen molar-refractivity contribution >= 4 is 29.1 Å². The van der Waals surface area contributed by atoms with Gasteiger partial charge in [-0.3, -0.25) is 9.59 Å². The summed E-state index contributed by atoms with van der Waals surface area (Å²) in [4.78, 5) is 28.2. The van der Waals surface area contributed by atoms with Crippen LogP contribution in [0.15, 0.2) is 42.5 Å². The molecule has 0 radical (unpaired) electrons. The molecule has 0 spiro atoms. The minimum atomic E-state index is -0.0926. The van der Waals surface area contributed by atoms with Crippen molar-refractivity contribution in [3.63, 3.8) is 0 Å². The number of carbonyl (C=O) groups is 2. The predicted molar refractivity (Wildman–Crippen MR) is 126 cm³/mol. The van der Waals surface area contributed by atoms with Crippen molar-refractivity contribution in [3.8, 4) is 0 Å². The van der Waals surface area contributed by atoms with E-state index in [2.05, 4.69) is 42.7 Å². The summed E-state index contributed by atoms with van der Waals surface area (Å²) in [6.07, 6.45) is 3.46. The molecule has 1 atom stereocenters. The van der Waals surface area contributed by atoms with Crippen LogP contribution in [-0.4, -0.2) is 49.4 Å². The SMILES string of the molecule is CCC(=O)Nc1c(C)cc(C(=O)N2CCC([NH+](C)CCc3ccccc3)CC2)cc1Cl.[Cl-]. The zero-order valence-electron chi connectivity index (χ0n) is 19.1. The van der Waals surface area contributed by atoms with Crippen LogP contribution in [0.25, 0.3) is 0 Å². The van der Waals surface area contributed by atoms with E-state index in [-0.39, 0.29) is 24.2 Å². The van der Waals surface area contributed by atoms with Crippen LogP contribution in [0.5, 0.6) is 0 Å². The monoisotopic (exact) mass is 477 g/mol. The van der Waals surface area contributed by atoms with E-state index in [4.69, 9.17) is 11.6 Å². The van der Waals surface area contributed by atoms with Gasteiger partial charge in [-0.25, -0.2) is 0 Å². The highest BCUT2D eigenvalue weighted by Crippen LogP contribution is 2.28. The van der Waals surface area contributed by atoms with Gasteiger partial charge in [-0.1, -0.05) is 48.9 Å². The molecular formula is C25H33Cl2N3O2. The fourth-order valence-corrected chi connectivity index (χ4v) is 4.52. The summed E-state index contributed by atoms with van der Waals surface area (Å²) >= 11 is 6.38. The number of carbonyl (C=O) groups excluding carboxylic acids is 2. The van der Waals surface area contributed by atoms with Gasteiger partial charge in [0, 0.05) is 44.3 Å². The number of aryl methyl sites for hydroxylation is 1. The van der Waals surface area contributed by atoms with Gasteiger partial charge in [0.1, 0.15) is 0 Å². The molecular weight excluding hydrogens is 445 g/mol. The largest absolute Gasteiger partial charge is 1.00 e. The maximum absolute atomic E-state index is 13.1. The highest BCUT2D eigenvalue weighted by molar-refractivity contribution is 6.34. The summed E-state index contributed by atoms with van der Waals surface area (Å²) in [5.74, 6) is -0.0798. The first-order valence-corrected chi connectivity index (χ1v) is 11.5. The Morgan fingerprint density at radius 3 is 2.41 bits per heavy atom. The molecule has 0 saturated carbocycles. The molecule has 5 nitrogen and oxygen atoms in total. The number of likely N-dealkylation sites (N-methyl/N-ethyl adjacent to an activating group) is 1. The summed E-state index contributed by atoms with van der Waals surface area (Å²) in [6, 6.07) is 14.7. The number of likely N-dealkylation sites (tertiary alicyclic amines) is 1. The molecule has 7 heteroatoms.